The van der Waals surface area contributed by atoms with Gasteiger partial charge in [0.25, 0.3) is 0 Å². The normalized spacial score (nSPS) is 18.0. The molecule has 1 fully saturated rings. The van der Waals surface area contributed by atoms with Gasteiger partial charge in [-0.2, -0.15) is 5.10 Å². The highest BCUT2D eigenvalue weighted by Gasteiger charge is 2.32. The molecule has 1 unspecified atom stereocenters. The van der Waals surface area contributed by atoms with Crippen LogP contribution in [-0.2, 0) is 11.2 Å². The summed E-state index contributed by atoms with van der Waals surface area (Å²) in [6.45, 7) is 2.67. The van der Waals surface area contributed by atoms with E-state index in [9.17, 15) is 4.79 Å². The number of hydrogen-bond acceptors (Lipinski definition) is 4. The van der Waals surface area contributed by atoms with Crippen molar-refractivity contribution in [3.63, 3.8) is 0 Å². The van der Waals surface area contributed by atoms with Crippen LogP contribution in [0.2, 0.25) is 0 Å². The van der Waals surface area contributed by atoms with E-state index in [-0.39, 0.29) is 11.9 Å². The van der Waals surface area contributed by atoms with Crippen LogP contribution in [0.5, 0.6) is 0 Å². The lowest BCUT2D eigenvalue weighted by molar-refractivity contribution is -0.131. The first-order chi connectivity index (χ1) is 11.2. The minimum Gasteiger partial charge on any atom is -0.359 e. The van der Waals surface area contributed by atoms with Gasteiger partial charge in [-0.25, -0.2) is 0 Å². The van der Waals surface area contributed by atoms with Crippen LogP contribution < -0.4 is 0 Å². The van der Waals surface area contributed by atoms with E-state index in [2.05, 4.69) is 15.4 Å². The van der Waals surface area contributed by atoms with E-state index in [1.807, 2.05) is 36.1 Å². The lowest BCUT2D eigenvalue weighted by Crippen LogP contribution is -2.31. The van der Waals surface area contributed by atoms with Crippen LogP contribution in [-0.4, -0.2) is 32.7 Å². The van der Waals surface area contributed by atoms with Crippen LogP contribution in [0.15, 0.2) is 35.0 Å². The van der Waals surface area contributed by atoms with Gasteiger partial charge in [0.15, 0.2) is 5.76 Å². The highest BCUT2D eigenvalue weighted by Crippen LogP contribution is 2.32. The predicted octanol–water partition coefficient (Wildman–Crippen LogP) is 2.77. The lowest BCUT2D eigenvalue weighted by atomic mass is 10.1. The molecule has 0 bridgehead atoms. The fourth-order valence-electron chi connectivity index (χ4n) is 3.28. The molecule has 0 radical (unpaired) electrons. The van der Waals surface area contributed by atoms with Gasteiger partial charge >= 0.3 is 0 Å². The first-order valence-corrected chi connectivity index (χ1v) is 7.85. The number of amides is 1. The topological polar surface area (TPSA) is 75.0 Å². The fourth-order valence-corrected chi connectivity index (χ4v) is 3.28. The molecule has 1 amide bonds. The maximum absolute atomic E-state index is 12.7. The Kier molecular flexibility index (Phi) is 3.37. The third kappa shape index (κ3) is 2.60. The van der Waals surface area contributed by atoms with E-state index in [1.165, 1.54) is 0 Å². The molecule has 1 saturated heterocycles. The van der Waals surface area contributed by atoms with Gasteiger partial charge in [0.2, 0.25) is 5.91 Å². The number of nitrogens with zero attached hydrogens (tertiary/aromatic N) is 3. The van der Waals surface area contributed by atoms with Gasteiger partial charge in [-0.1, -0.05) is 11.2 Å². The second-order valence-electron chi connectivity index (χ2n) is 6.08. The van der Waals surface area contributed by atoms with Crippen molar-refractivity contribution in [1.29, 1.82) is 0 Å². The van der Waals surface area contributed by atoms with Crippen LogP contribution in [0.25, 0.3) is 10.9 Å². The summed E-state index contributed by atoms with van der Waals surface area (Å²) in [7, 11) is 0. The zero-order valence-electron chi connectivity index (χ0n) is 13.0. The van der Waals surface area contributed by atoms with Crippen LogP contribution in [0, 0.1) is 6.92 Å². The Labute approximate surface area is 133 Å². The van der Waals surface area contributed by atoms with Gasteiger partial charge in [-0.15, -0.1) is 0 Å². The van der Waals surface area contributed by atoms with Gasteiger partial charge in [-0.3, -0.25) is 9.89 Å². The molecule has 1 atom stereocenters. The summed E-state index contributed by atoms with van der Waals surface area (Å²) in [4.78, 5) is 14.6. The first-order valence-electron chi connectivity index (χ1n) is 7.85. The molecule has 23 heavy (non-hydrogen) atoms. The molecular weight excluding hydrogens is 292 g/mol. The average molecular weight is 310 g/mol. The summed E-state index contributed by atoms with van der Waals surface area (Å²) >= 11 is 0. The van der Waals surface area contributed by atoms with Gasteiger partial charge in [0, 0.05) is 18.0 Å². The first kappa shape index (κ1) is 14.0. The zero-order chi connectivity index (χ0) is 15.8. The molecule has 1 aliphatic heterocycles. The quantitative estimate of drug-likeness (QED) is 0.807. The summed E-state index contributed by atoms with van der Waals surface area (Å²) in [6.07, 6.45) is 4.10. The van der Waals surface area contributed by atoms with Crippen LogP contribution in [0.1, 0.15) is 35.9 Å². The molecule has 4 rings (SSSR count). The molecule has 2 aromatic heterocycles. The Morgan fingerprint density at radius 3 is 3.17 bits per heavy atom. The Morgan fingerprint density at radius 1 is 1.43 bits per heavy atom. The van der Waals surface area contributed by atoms with Gasteiger partial charge in [-0.05, 0) is 37.5 Å². The predicted molar refractivity (Wildman–Crippen MR) is 84.7 cm³/mol. The van der Waals surface area contributed by atoms with Gasteiger partial charge in [0.1, 0.15) is 0 Å². The number of benzene rings is 1. The van der Waals surface area contributed by atoms with Crippen molar-refractivity contribution in [2.45, 2.75) is 32.2 Å². The van der Waals surface area contributed by atoms with E-state index < -0.39 is 0 Å². The monoisotopic (exact) mass is 310 g/mol. The van der Waals surface area contributed by atoms with Crippen molar-refractivity contribution in [3.05, 3.63) is 47.5 Å². The third-order valence-corrected chi connectivity index (χ3v) is 4.41. The molecule has 6 heteroatoms. The summed E-state index contributed by atoms with van der Waals surface area (Å²) in [5.41, 5.74) is 2.84. The maximum Gasteiger partial charge on any atom is 0.227 e. The minimum absolute atomic E-state index is 0.0151. The number of aromatic nitrogens is 3. The van der Waals surface area contributed by atoms with Crippen molar-refractivity contribution < 1.29 is 9.32 Å². The molecule has 1 N–H and O–H groups in total. The number of carbonyl (C=O) groups excluding carboxylic acids is 1. The number of aromatic amines is 1. The van der Waals surface area contributed by atoms with E-state index in [4.69, 9.17) is 4.52 Å². The van der Waals surface area contributed by atoms with E-state index in [0.29, 0.717) is 6.42 Å². The van der Waals surface area contributed by atoms with Crippen LogP contribution in [0.4, 0.5) is 0 Å². The SMILES string of the molecule is Cc1cc(C2CCCN2C(=O)Cc2ccc3[nH]ncc3c2)on1. The largest absolute Gasteiger partial charge is 0.359 e. The number of likely N-dealkylation sites (tertiary alicyclic amines) is 1. The summed E-state index contributed by atoms with van der Waals surface area (Å²) in [6, 6.07) is 7.89. The van der Waals surface area contributed by atoms with Crippen molar-refractivity contribution in [3.8, 4) is 0 Å². The highest BCUT2D eigenvalue weighted by atomic mass is 16.5. The maximum atomic E-state index is 12.7. The van der Waals surface area contributed by atoms with Crippen molar-refractivity contribution >= 4 is 16.8 Å². The lowest BCUT2D eigenvalue weighted by Gasteiger charge is -2.22. The standard InChI is InChI=1S/C17H18N4O2/c1-11-7-16(23-20-11)15-3-2-6-21(15)17(22)9-12-4-5-14-13(8-12)10-18-19-14/h4-5,7-8,10,15H,2-3,6,9H2,1H3,(H,18,19). The third-order valence-electron chi connectivity index (χ3n) is 4.41. The number of hydrogen-bond donors (Lipinski definition) is 1. The molecule has 3 aromatic rings. The fraction of sp³-hybridized carbons (Fsp3) is 0.353. The van der Waals surface area contributed by atoms with E-state index >= 15 is 0 Å². The molecule has 0 spiro atoms. The second-order valence-corrected chi connectivity index (χ2v) is 6.08. The number of H-pyrrole nitrogens is 1. The average Bonchev–Trinajstić information content (AvgIpc) is 3.26. The summed E-state index contributed by atoms with van der Waals surface area (Å²) in [5.74, 6) is 0.919. The molecule has 118 valence electrons. The molecule has 6 nitrogen and oxygen atoms in total. The Morgan fingerprint density at radius 2 is 2.35 bits per heavy atom. The molecule has 0 aliphatic carbocycles. The number of rotatable bonds is 3. The Hall–Kier alpha value is -2.63. The van der Waals surface area contributed by atoms with Gasteiger partial charge in [0.05, 0.1) is 29.9 Å². The summed E-state index contributed by atoms with van der Waals surface area (Å²) < 4.78 is 5.37. The minimum atomic E-state index is 0.0151. The smallest absolute Gasteiger partial charge is 0.227 e. The molecule has 3 heterocycles. The Bertz CT molecular complexity index is 851. The van der Waals surface area contributed by atoms with Crippen molar-refractivity contribution in [2.75, 3.05) is 6.54 Å². The zero-order valence-corrected chi connectivity index (χ0v) is 13.0. The Balaban J connectivity index is 1.53. The van der Waals surface area contributed by atoms with E-state index in [0.717, 1.165) is 47.3 Å². The van der Waals surface area contributed by atoms with Crippen LogP contribution >= 0.6 is 0 Å². The van der Waals surface area contributed by atoms with Crippen LogP contribution in [0.3, 0.4) is 0 Å². The number of aryl methyl sites for hydroxylation is 1. The number of carbonyl (C=O) groups is 1. The second kappa shape index (κ2) is 5.53. The molecule has 1 aromatic carbocycles. The van der Waals surface area contributed by atoms with Crippen molar-refractivity contribution in [1.82, 2.24) is 20.3 Å². The molecular formula is C17H18N4O2. The number of fused-ring (bicyclic) bond motifs is 1. The van der Waals surface area contributed by atoms with Gasteiger partial charge < -0.3 is 9.42 Å². The van der Waals surface area contributed by atoms with Crippen molar-refractivity contribution in [2.24, 2.45) is 0 Å². The number of nitrogens with one attached hydrogen (secondary N) is 1. The summed E-state index contributed by atoms with van der Waals surface area (Å²) in [5, 5.41) is 11.9. The highest BCUT2D eigenvalue weighted by molar-refractivity contribution is 5.83. The van der Waals surface area contributed by atoms with E-state index in [1.54, 1.807) is 6.20 Å². The molecule has 1 aliphatic rings. The molecule has 0 saturated carbocycles.